The Morgan fingerprint density at radius 2 is 1.77 bits per heavy atom. The van der Waals surface area contributed by atoms with Gasteiger partial charge in [-0.1, -0.05) is 11.6 Å². The van der Waals surface area contributed by atoms with Crippen molar-refractivity contribution in [2.75, 3.05) is 16.4 Å². The van der Waals surface area contributed by atoms with Gasteiger partial charge in [0.05, 0.1) is 10.6 Å². The zero-order valence-electron chi connectivity index (χ0n) is 13.1. The Hall–Kier alpha value is -3.18. The number of nitrogens with zero attached hydrogens (tertiary/aromatic N) is 1. The Balaban J connectivity index is 2.15. The molecule has 0 aliphatic rings. The molecule has 0 heterocycles. The van der Waals surface area contributed by atoms with Gasteiger partial charge in [0.1, 0.15) is 11.6 Å². The van der Waals surface area contributed by atoms with Crippen LogP contribution in [0.1, 0.15) is 5.56 Å². The van der Waals surface area contributed by atoms with Crippen LogP contribution in [0.25, 0.3) is 0 Å². The molecule has 5 nitrogen and oxygen atoms in total. The molecule has 0 atom stereocenters. The predicted molar refractivity (Wildman–Crippen MR) is 93.3 cm³/mol. The number of hydrogen-bond donors (Lipinski definition) is 3. The quantitative estimate of drug-likeness (QED) is 0.416. The molecule has 2 rings (SSSR count). The summed E-state index contributed by atoms with van der Waals surface area (Å²) in [5.74, 6) is -0.870. The van der Waals surface area contributed by atoms with E-state index in [0.717, 1.165) is 12.3 Å². The molecule has 0 radical (unpaired) electrons. The van der Waals surface area contributed by atoms with Gasteiger partial charge in [-0.25, -0.2) is 0 Å². The lowest BCUT2D eigenvalue weighted by atomic mass is 10.2. The van der Waals surface area contributed by atoms with Crippen molar-refractivity contribution in [1.82, 2.24) is 0 Å². The molecule has 0 fully saturated rings. The largest absolute Gasteiger partial charge is 0.417 e. The van der Waals surface area contributed by atoms with Crippen LogP contribution >= 0.6 is 11.6 Å². The fourth-order valence-corrected chi connectivity index (χ4v) is 2.13. The Labute approximate surface area is 151 Å². The number of halogens is 4. The normalized spacial score (nSPS) is 11.6. The fraction of sp³-hybridized carbons (Fsp3) is 0.0588. The van der Waals surface area contributed by atoms with E-state index in [9.17, 15) is 18.0 Å². The SMILES string of the molecule is N#C/C(=C/Nc1ccc(N)cc1)C(=O)Nc1ccc(Cl)c(C(F)(F)F)c1. The maximum absolute atomic E-state index is 12.8. The van der Waals surface area contributed by atoms with E-state index in [1.165, 1.54) is 6.07 Å². The van der Waals surface area contributed by atoms with Crippen molar-refractivity contribution in [2.45, 2.75) is 6.18 Å². The van der Waals surface area contributed by atoms with Crippen LogP contribution in [0, 0.1) is 11.3 Å². The number of nitrogen functional groups attached to an aromatic ring is 1. The first kappa shape index (κ1) is 19.1. The third-order valence-corrected chi connectivity index (χ3v) is 3.52. The van der Waals surface area contributed by atoms with Gasteiger partial charge in [-0.15, -0.1) is 0 Å². The first-order valence-electron chi connectivity index (χ1n) is 7.11. The first-order valence-corrected chi connectivity index (χ1v) is 7.49. The molecule has 0 bridgehead atoms. The average Bonchev–Trinajstić information content (AvgIpc) is 2.58. The molecule has 0 saturated carbocycles. The van der Waals surface area contributed by atoms with Gasteiger partial charge >= 0.3 is 6.18 Å². The molecule has 0 saturated heterocycles. The van der Waals surface area contributed by atoms with Gasteiger partial charge in [0.15, 0.2) is 0 Å². The standard InChI is InChI=1S/C17H12ClF3N4O/c18-15-6-5-13(7-14(15)17(19,20)21)25-16(26)10(8-22)9-24-12-3-1-11(23)2-4-12/h1-7,9,24H,23H2,(H,25,26)/b10-9-. The van der Waals surface area contributed by atoms with Crippen LogP contribution in [-0.2, 0) is 11.0 Å². The van der Waals surface area contributed by atoms with Crippen molar-refractivity contribution in [2.24, 2.45) is 0 Å². The molecule has 1 amide bonds. The lowest BCUT2D eigenvalue weighted by molar-refractivity contribution is -0.137. The van der Waals surface area contributed by atoms with E-state index in [-0.39, 0.29) is 11.3 Å². The summed E-state index contributed by atoms with van der Waals surface area (Å²) in [6, 6.07) is 11.1. The summed E-state index contributed by atoms with van der Waals surface area (Å²) in [6.07, 6.45) is -3.52. The summed E-state index contributed by atoms with van der Waals surface area (Å²) in [5, 5.41) is 13.6. The molecule has 26 heavy (non-hydrogen) atoms. The van der Waals surface area contributed by atoms with Gasteiger partial charge in [0, 0.05) is 23.3 Å². The van der Waals surface area contributed by atoms with Gasteiger partial charge < -0.3 is 16.4 Å². The van der Waals surface area contributed by atoms with Crippen LogP contribution in [0.15, 0.2) is 54.2 Å². The van der Waals surface area contributed by atoms with Gasteiger partial charge in [-0.05, 0) is 42.5 Å². The van der Waals surface area contributed by atoms with Gasteiger partial charge in [-0.3, -0.25) is 4.79 Å². The maximum Gasteiger partial charge on any atom is 0.417 e. The molecular weight excluding hydrogens is 369 g/mol. The van der Waals surface area contributed by atoms with Crippen LogP contribution in [0.5, 0.6) is 0 Å². The minimum atomic E-state index is -4.66. The molecular formula is C17H12ClF3N4O. The van der Waals surface area contributed by atoms with E-state index < -0.39 is 22.7 Å². The Bertz CT molecular complexity index is 886. The molecule has 2 aromatic carbocycles. The second-order valence-corrected chi connectivity index (χ2v) is 5.49. The highest BCUT2D eigenvalue weighted by Gasteiger charge is 2.33. The monoisotopic (exact) mass is 380 g/mol. The summed E-state index contributed by atoms with van der Waals surface area (Å²) in [5.41, 5.74) is 5.11. The van der Waals surface area contributed by atoms with E-state index in [0.29, 0.717) is 17.4 Å². The van der Waals surface area contributed by atoms with E-state index in [1.807, 2.05) is 0 Å². The highest BCUT2D eigenvalue weighted by Crippen LogP contribution is 2.36. The molecule has 134 valence electrons. The number of nitrogens with one attached hydrogen (secondary N) is 2. The van der Waals surface area contributed by atoms with Crippen molar-refractivity contribution < 1.29 is 18.0 Å². The molecule has 0 aromatic heterocycles. The number of benzene rings is 2. The van der Waals surface area contributed by atoms with Crippen molar-refractivity contribution in [3.8, 4) is 6.07 Å². The minimum Gasteiger partial charge on any atom is -0.399 e. The Morgan fingerprint density at radius 3 is 2.35 bits per heavy atom. The topological polar surface area (TPSA) is 90.9 Å². The van der Waals surface area contributed by atoms with Gasteiger partial charge in [0.2, 0.25) is 0 Å². The summed E-state index contributed by atoms with van der Waals surface area (Å²) >= 11 is 5.52. The second kappa shape index (κ2) is 7.80. The summed E-state index contributed by atoms with van der Waals surface area (Å²) in [6.45, 7) is 0. The van der Waals surface area contributed by atoms with Crippen LogP contribution in [0.4, 0.5) is 30.2 Å². The molecule has 0 unspecified atom stereocenters. The second-order valence-electron chi connectivity index (χ2n) is 5.08. The molecule has 0 spiro atoms. The lowest BCUT2D eigenvalue weighted by Crippen LogP contribution is -2.15. The molecule has 2 aromatic rings. The van der Waals surface area contributed by atoms with E-state index in [4.69, 9.17) is 22.6 Å². The lowest BCUT2D eigenvalue weighted by Gasteiger charge is -2.11. The van der Waals surface area contributed by atoms with Crippen LogP contribution in [-0.4, -0.2) is 5.91 Å². The number of amides is 1. The van der Waals surface area contributed by atoms with Crippen LogP contribution in [0.3, 0.4) is 0 Å². The van der Waals surface area contributed by atoms with E-state index >= 15 is 0 Å². The van der Waals surface area contributed by atoms with Crippen molar-refractivity contribution in [3.63, 3.8) is 0 Å². The average molecular weight is 381 g/mol. The molecule has 9 heteroatoms. The summed E-state index contributed by atoms with van der Waals surface area (Å²) in [4.78, 5) is 12.1. The highest BCUT2D eigenvalue weighted by atomic mass is 35.5. The third-order valence-electron chi connectivity index (χ3n) is 3.19. The Kier molecular flexibility index (Phi) is 5.75. The predicted octanol–water partition coefficient (Wildman–Crippen LogP) is 4.40. The van der Waals surface area contributed by atoms with E-state index in [1.54, 1.807) is 30.3 Å². The number of carbonyl (C=O) groups is 1. The number of nitrogens with two attached hydrogens (primary N) is 1. The summed E-state index contributed by atoms with van der Waals surface area (Å²) in [7, 11) is 0. The number of anilines is 3. The zero-order chi connectivity index (χ0) is 19.3. The number of hydrogen-bond acceptors (Lipinski definition) is 4. The zero-order valence-corrected chi connectivity index (χ0v) is 13.8. The first-order chi connectivity index (χ1) is 12.2. The minimum absolute atomic E-state index is 0.139. The third kappa shape index (κ3) is 4.91. The van der Waals surface area contributed by atoms with Gasteiger partial charge in [-0.2, -0.15) is 18.4 Å². The fourth-order valence-electron chi connectivity index (χ4n) is 1.90. The number of rotatable bonds is 4. The van der Waals surface area contributed by atoms with Crippen molar-refractivity contribution >= 4 is 34.6 Å². The molecule has 4 N–H and O–H groups in total. The van der Waals surface area contributed by atoms with Crippen LogP contribution in [0.2, 0.25) is 5.02 Å². The van der Waals surface area contributed by atoms with Crippen molar-refractivity contribution in [1.29, 1.82) is 5.26 Å². The number of nitriles is 1. The smallest absolute Gasteiger partial charge is 0.399 e. The van der Waals surface area contributed by atoms with Gasteiger partial charge in [0.25, 0.3) is 5.91 Å². The van der Waals surface area contributed by atoms with Crippen LogP contribution < -0.4 is 16.4 Å². The molecule has 0 aliphatic carbocycles. The Morgan fingerprint density at radius 1 is 1.15 bits per heavy atom. The molecule has 0 aliphatic heterocycles. The number of alkyl halides is 3. The summed E-state index contributed by atoms with van der Waals surface area (Å²) < 4.78 is 38.5. The van der Waals surface area contributed by atoms with E-state index in [2.05, 4.69) is 10.6 Å². The highest BCUT2D eigenvalue weighted by molar-refractivity contribution is 6.31. The number of carbonyl (C=O) groups excluding carboxylic acids is 1. The maximum atomic E-state index is 12.8. The van der Waals surface area contributed by atoms with Crippen molar-refractivity contribution in [3.05, 3.63) is 64.8 Å².